The smallest absolute Gasteiger partial charge is 0.108 e. The van der Waals surface area contributed by atoms with E-state index in [4.69, 9.17) is 9.84 Å². The summed E-state index contributed by atoms with van der Waals surface area (Å²) >= 11 is 0. The van der Waals surface area contributed by atoms with Crippen molar-refractivity contribution in [3.8, 4) is 0 Å². The summed E-state index contributed by atoms with van der Waals surface area (Å²) in [5.74, 6) is 0.108. The lowest BCUT2D eigenvalue weighted by atomic mass is 9.98. The third-order valence-electron chi connectivity index (χ3n) is 1.93. The van der Waals surface area contributed by atoms with Gasteiger partial charge in [0, 0.05) is 6.61 Å². The van der Waals surface area contributed by atoms with E-state index in [0.717, 1.165) is 0 Å². The Kier molecular flexibility index (Phi) is 6.24. The van der Waals surface area contributed by atoms with Crippen molar-refractivity contribution in [2.75, 3.05) is 13.2 Å². The van der Waals surface area contributed by atoms with Gasteiger partial charge in [-0.25, -0.2) is 0 Å². The minimum Gasteiger partial charge on any atom is -0.394 e. The number of hydrogen-bond donors (Lipinski definition) is 3. The van der Waals surface area contributed by atoms with Crippen molar-refractivity contribution >= 4 is 0 Å². The Labute approximate surface area is 79.2 Å². The minimum absolute atomic E-state index is 0.108. The van der Waals surface area contributed by atoms with Crippen LogP contribution in [0.5, 0.6) is 0 Å². The van der Waals surface area contributed by atoms with Gasteiger partial charge in [-0.3, -0.25) is 0 Å². The highest BCUT2D eigenvalue weighted by atomic mass is 16.5. The Morgan fingerprint density at radius 3 is 2.08 bits per heavy atom. The van der Waals surface area contributed by atoms with Crippen molar-refractivity contribution in [1.82, 2.24) is 0 Å². The molecule has 80 valence electrons. The van der Waals surface area contributed by atoms with E-state index in [1.54, 1.807) is 0 Å². The molecule has 0 aromatic carbocycles. The van der Waals surface area contributed by atoms with Crippen LogP contribution < -0.4 is 0 Å². The fourth-order valence-electron chi connectivity index (χ4n) is 1.20. The Bertz CT molecular complexity index is 127. The fraction of sp³-hybridized carbons (Fsp3) is 1.00. The van der Waals surface area contributed by atoms with Gasteiger partial charge in [0.05, 0.1) is 12.7 Å². The maximum Gasteiger partial charge on any atom is 0.108 e. The molecule has 0 aromatic rings. The monoisotopic (exact) mass is 192 g/mol. The summed E-state index contributed by atoms with van der Waals surface area (Å²) in [5.41, 5.74) is 0. The van der Waals surface area contributed by atoms with Gasteiger partial charge in [-0.2, -0.15) is 0 Å². The number of aliphatic hydroxyl groups excluding tert-OH is 3. The molecule has 0 fully saturated rings. The van der Waals surface area contributed by atoms with Crippen LogP contribution >= 0.6 is 0 Å². The average molecular weight is 192 g/mol. The van der Waals surface area contributed by atoms with E-state index >= 15 is 0 Å². The van der Waals surface area contributed by atoms with E-state index in [9.17, 15) is 10.2 Å². The Balaban J connectivity index is 4.18. The van der Waals surface area contributed by atoms with Crippen LogP contribution in [0.1, 0.15) is 20.8 Å². The largest absolute Gasteiger partial charge is 0.394 e. The molecule has 0 saturated heterocycles. The summed E-state index contributed by atoms with van der Waals surface area (Å²) in [6, 6.07) is 0. The normalized spacial score (nSPS) is 18.7. The zero-order valence-electron chi connectivity index (χ0n) is 8.47. The number of aliphatic hydroxyl groups is 3. The highest BCUT2D eigenvalue weighted by molar-refractivity contribution is 4.78. The first-order valence-electron chi connectivity index (χ1n) is 4.63. The zero-order chi connectivity index (χ0) is 10.4. The molecule has 0 rings (SSSR count). The van der Waals surface area contributed by atoms with Crippen molar-refractivity contribution in [2.45, 2.75) is 39.1 Å². The fourth-order valence-corrected chi connectivity index (χ4v) is 1.20. The highest BCUT2D eigenvalue weighted by Gasteiger charge is 2.28. The van der Waals surface area contributed by atoms with Crippen LogP contribution in [0.15, 0.2) is 0 Å². The Morgan fingerprint density at radius 1 is 1.23 bits per heavy atom. The van der Waals surface area contributed by atoms with Gasteiger partial charge in [0.1, 0.15) is 12.2 Å². The first kappa shape index (κ1) is 12.8. The van der Waals surface area contributed by atoms with Gasteiger partial charge in [0.2, 0.25) is 0 Å². The summed E-state index contributed by atoms with van der Waals surface area (Å²) in [4.78, 5) is 0. The summed E-state index contributed by atoms with van der Waals surface area (Å²) in [6.07, 6.45) is -2.57. The first-order valence-corrected chi connectivity index (χ1v) is 4.63. The highest BCUT2D eigenvalue weighted by Crippen LogP contribution is 2.13. The minimum atomic E-state index is -1.13. The topological polar surface area (TPSA) is 69.9 Å². The van der Waals surface area contributed by atoms with E-state index in [1.165, 1.54) is 0 Å². The molecular formula is C9H20O4. The van der Waals surface area contributed by atoms with Gasteiger partial charge >= 0.3 is 0 Å². The van der Waals surface area contributed by atoms with E-state index in [2.05, 4.69) is 0 Å². The molecular weight excluding hydrogens is 172 g/mol. The molecule has 0 aliphatic heterocycles. The first-order chi connectivity index (χ1) is 6.04. The van der Waals surface area contributed by atoms with Gasteiger partial charge in [-0.15, -0.1) is 0 Å². The second-order valence-electron chi connectivity index (χ2n) is 3.40. The van der Waals surface area contributed by atoms with Gasteiger partial charge in [0.15, 0.2) is 0 Å². The van der Waals surface area contributed by atoms with Gasteiger partial charge in [-0.1, -0.05) is 13.8 Å². The van der Waals surface area contributed by atoms with Crippen LogP contribution in [0, 0.1) is 5.92 Å². The van der Waals surface area contributed by atoms with Crippen LogP contribution in [0.3, 0.4) is 0 Å². The standard InChI is InChI=1S/C9H20O4/c1-4-13-9(6(2)3)8(12)7(11)5-10/h6-12H,4-5H2,1-3H3. The SMILES string of the molecule is CCOC(C(C)C)C(O)C(O)CO. The molecule has 0 spiro atoms. The summed E-state index contributed by atoms with van der Waals surface area (Å²) in [5, 5.41) is 27.4. The van der Waals surface area contributed by atoms with Gasteiger partial charge in [-0.05, 0) is 12.8 Å². The lowest BCUT2D eigenvalue weighted by molar-refractivity contribution is -0.115. The molecule has 4 heteroatoms. The summed E-state index contributed by atoms with van der Waals surface area (Å²) in [7, 11) is 0. The van der Waals surface area contributed by atoms with Crippen molar-refractivity contribution in [3.05, 3.63) is 0 Å². The predicted molar refractivity (Wildman–Crippen MR) is 49.4 cm³/mol. The molecule has 4 nitrogen and oxygen atoms in total. The molecule has 0 radical (unpaired) electrons. The number of rotatable bonds is 6. The van der Waals surface area contributed by atoms with E-state index < -0.39 is 24.9 Å². The van der Waals surface area contributed by atoms with Crippen LogP contribution in [-0.4, -0.2) is 46.8 Å². The molecule has 3 atom stereocenters. The van der Waals surface area contributed by atoms with E-state index in [0.29, 0.717) is 6.61 Å². The molecule has 0 aliphatic rings. The quantitative estimate of drug-likeness (QED) is 0.543. The molecule has 0 amide bonds. The van der Waals surface area contributed by atoms with Crippen LogP contribution in [0.25, 0.3) is 0 Å². The van der Waals surface area contributed by atoms with Gasteiger partial charge in [0.25, 0.3) is 0 Å². The molecule has 3 unspecified atom stereocenters. The molecule has 0 bridgehead atoms. The van der Waals surface area contributed by atoms with Crippen molar-refractivity contribution in [1.29, 1.82) is 0 Å². The third kappa shape index (κ3) is 4.04. The lowest BCUT2D eigenvalue weighted by Crippen LogP contribution is -2.43. The van der Waals surface area contributed by atoms with Crippen molar-refractivity contribution < 1.29 is 20.1 Å². The predicted octanol–water partition coefficient (Wildman–Crippen LogP) is -0.238. The number of hydrogen-bond acceptors (Lipinski definition) is 4. The number of ether oxygens (including phenoxy) is 1. The van der Waals surface area contributed by atoms with Crippen LogP contribution in [0.2, 0.25) is 0 Å². The molecule has 0 aliphatic carbocycles. The van der Waals surface area contributed by atoms with E-state index in [-0.39, 0.29) is 5.92 Å². The second kappa shape index (κ2) is 6.32. The van der Waals surface area contributed by atoms with Crippen molar-refractivity contribution in [2.24, 2.45) is 5.92 Å². The Hall–Kier alpha value is -0.160. The molecule has 13 heavy (non-hydrogen) atoms. The average Bonchev–Trinajstić information content (AvgIpc) is 2.11. The zero-order valence-corrected chi connectivity index (χ0v) is 8.47. The van der Waals surface area contributed by atoms with E-state index in [1.807, 2.05) is 20.8 Å². The molecule has 0 aromatic heterocycles. The maximum absolute atomic E-state index is 9.54. The third-order valence-corrected chi connectivity index (χ3v) is 1.93. The summed E-state index contributed by atoms with van der Waals surface area (Å²) in [6.45, 7) is 5.66. The van der Waals surface area contributed by atoms with Crippen LogP contribution in [0.4, 0.5) is 0 Å². The Morgan fingerprint density at radius 2 is 1.77 bits per heavy atom. The molecule has 3 N–H and O–H groups in total. The van der Waals surface area contributed by atoms with Crippen molar-refractivity contribution in [3.63, 3.8) is 0 Å². The van der Waals surface area contributed by atoms with Gasteiger partial charge < -0.3 is 20.1 Å². The molecule has 0 heterocycles. The summed E-state index contributed by atoms with van der Waals surface area (Å²) < 4.78 is 5.27. The second-order valence-corrected chi connectivity index (χ2v) is 3.40. The maximum atomic E-state index is 9.54. The molecule has 0 saturated carbocycles. The lowest BCUT2D eigenvalue weighted by Gasteiger charge is -2.28. The van der Waals surface area contributed by atoms with Crippen LogP contribution in [-0.2, 0) is 4.74 Å².